The fourth-order valence-electron chi connectivity index (χ4n) is 1.05. The second-order valence-corrected chi connectivity index (χ2v) is 2.95. The van der Waals surface area contributed by atoms with Crippen molar-refractivity contribution >= 4 is 12.1 Å². The predicted octanol–water partition coefficient (Wildman–Crippen LogP) is 2.38. The predicted molar refractivity (Wildman–Crippen MR) is 55.8 cm³/mol. The summed E-state index contributed by atoms with van der Waals surface area (Å²) in [6, 6.07) is 9.31. The molecule has 0 unspecified atom stereocenters. The van der Waals surface area contributed by atoms with Gasteiger partial charge in [-0.1, -0.05) is 31.5 Å². The lowest BCUT2D eigenvalue weighted by Crippen LogP contribution is -2.21. The van der Waals surface area contributed by atoms with E-state index in [1.165, 1.54) is 5.06 Å². The molecule has 0 aliphatic heterocycles. The number of hydroxylamine groups is 1. The smallest absolute Gasteiger partial charge is 0.238 e. The molecule has 1 aromatic carbocycles. The van der Waals surface area contributed by atoms with Crippen molar-refractivity contribution in [2.45, 2.75) is 19.8 Å². The van der Waals surface area contributed by atoms with Gasteiger partial charge in [0.2, 0.25) is 6.41 Å². The Labute approximate surface area is 84.2 Å². The lowest BCUT2D eigenvalue weighted by molar-refractivity contribution is -0.114. The van der Waals surface area contributed by atoms with E-state index in [9.17, 15) is 4.79 Å². The zero-order chi connectivity index (χ0) is 10.2. The Hall–Kier alpha value is -1.35. The van der Waals surface area contributed by atoms with Crippen LogP contribution in [0.5, 0.6) is 0 Å². The zero-order valence-electron chi connectivity index (χ0n) is 8.35. The number of unbranched alkanes of at least 4 members (excludes halogenated alkanes) is 1. The molecule has 3 heteroatoms. The van der Waals surface area contributed by atoms with E-state index in [4.69, 9.17) is 4.84 Å². The van der Waals surface area contributed by atoms with Crippen LogP contribution in [0.4, 0.5) is 5.69 Å². The van der Waals surface area contributed by atoms with Gasteiger partial charge in [-0.05, 0) is 18.6 Å². The van der Waals surface area contributed by atoms with Crippen LogP contribution in [0, 0.1) is 0 Å². The first kappa shape index (κ1) is 10.7. The van der Waals surface area contributed by atoms with Crippen LogP contribution >= 0.6 is 0 Å². The van der Waals surface area contributed by atoms with E-state index in [-0.39, 0.29) is 0 Å². The first-order valence-corrected chi connectivity index (χ1v) is 4.81. The van der Waals surface area contributed by atoms with Crippen molar-refractivity contribution in [3.63, 3.8) is 0 Å². The maximum absolute atomic E-state index is 10.7. The quantitative estimate of drug-likeness (QED) is 0.394. The maximum Gasteiger partial charge on any atom is 0.238 e. The first-order valence-electron chi connectivity index (χ1n) is 4.81. The van der Waals surface area contributed by atoms with Crippen LogP contribution in [0.2, 0.25) is 0 Å². The molecule has 0 spiro atoms. The Kier molecular flexibility index (Phi) is 4.72. The van der Waals surface area contributed by atoms with Crippen molar-refractivity contribution in [1.82, 2.24) is 0 Å². The Morgan fingerprint density at radius 2 is 2.07 bits per heavy atom. The Bertz CT molecular complexity index is 261. The Morgan fingerprint density at radius 1 is 1.36 bits per heavy atom. The third kappa shape index (κ3) is 3.18. The molecule has 0 heterocycles. The molecule has 1 rings (SSSR count). The first-order chi connectivity index (χ1) is 6.88. The summed E-state index contributed by atoms with van der Waals surface area (Å²) in [5.74, 6) is 0. The van der Waals surface area contributed by atoms with E-state index in [1.807, 2.05) is 30.3 Å². The minimum Gasteiger partial charge on any atom is -0.276 e. The van der Waals surface area contributed by atoms with Gasteiger partial charge in [-0.25, -0.2) is 0 Å². The summed E-state index contributed by atoms with van der Waals surface area (Å²) < 4.78 is 0. The SMILES string of the molecule is CCCCON(C=O)c1ccccc1. The summed E-state index contributed by atoms with van der Waals surface area (Å²) >= 11 is 0. The van der Waals surface area contributed by atoms with E-state index in [1.54, 1.807) is 0 Å². The third-order valence-corrected chi connectivity index (χ3v) is 1.83. The van der Waals surface area contributed by atoms with E-state index >= 15 is 0 Å². The summed E-state index contributed by atoms with van der Waals surface area (Å²) in [5.41, 5.74) is 0.763. The molecular formula is C11H15NO2. The molecule has 1 amide bonds. The molecule has 76 valence electrons. The summed E-state index contributed by atoms with van der Waals surface area (Å²) in [7, 11) is 0. The van der Waals surface area contributed by atoms with Gasteiger partial charge in [0.05, 0.1) is 12.3 Å². The Balaban J connectivity index is 2.50. The van der Waals surface area contributed by atoms with Gasteiger partial charge in [-0.15, -0.1) is 0 Å². The van der Waals surface area contributed by atoms with Crippen LogP contribution in [-0.2, 0) is 9.63 Å². The number of nitrogens with zero attached hydrogens (tertiary/aromatic N) is 1. The summed E-state index contributed by atoms with van der Waals surface area (Å²) in [6.07, 6.45) is 2.70. The second kappa shape index (κ2) is 6.16. The molecule has 3 nitrogen and oxygen atoms in total. The van der Waals surface area contributed by atoms with Crippen LogP contribution < -0.4 is 5.06 Å². The lowest BCUT2D eigenvalue weighted by atomic mass is 10.3. The molecule has 0 fully saturated rings. The normalized spacial score (nSPS) is 9.79. The van der Waals surface area contributed by atoms with Gasteiger partial charge in [-0.3, -0.25) is 9.63 Å². The van der Waals surface area contributed by atoms with E-state index < -0.39 is 0 Å². The van der Waals surface area contributed by atoms with Gasteiger partial charge in [0.25, 0.3) is 0 Å². The number of carbonyl (C=O) groups is 1. The van der Waals surface area contributed by atoms with Gasteiger partial charge in [0.15, 0.2) is 0 Å². The van der Waals surface area contributed by atoms with E-state index in [0.717, 1.165) is 18.5 Å². The molecule has 14 heavy (non-hydrogen) atoms. The van der Waals surface area contributed by atoms with E-state index in [0.29, 0.717) is 13.0 Å². The molecular weight excluding hydrogens is 178 g/mol. The molecule has 0 saturated carbocycles. The number of hydrogen-bond donors (Lipinski definition) is 0. The van der Waals surface area contributed by atoms with Crippen molar-refractivity contribution < 1.29 is 9.63 Å². The largest absolute Gasteiger partial charge is 0.276 e. The summed E-state index contributed by atoms with van der Waals surface area (Å²) in [6.45, 7) is 2.65. The van der Waals surface area contributed by atoms with Crippen molar-refractivity contribution in [2.24, 2.45) is 0 Å². The topological polar surface area (TPSA) is 29.5 Å². The van der Waals surface area contributed by atoms with Crippen molar-refractivity contribution in [1.29, 1.82) is 0 Å². The van der Waals surface area contributed by atoms with E-state index in [2.05, 4.69) is 6.92 Å². The van der Waals surface area contributed by atoms with Crippen LogP contribution in [0.1, 0.15) is 19.8 Å². The fourth-order valence-corrected chi connectivity index (χ4v) is 1.05. The van der Waals surface area contributed by atoms with Gasteiger partial charge in [0, 0.05) is 0 Å². The molecule has 0 saturated heterocycles. The number of hydrogen-bond acceptors (Lipinski definition) is 2. The number of amides is 1. The molecule has 0 aliphatic carbocycles. The van der Waals surface area contributed by atoms with Crippen molar-refractivity contribution in [3.05, 3.63) is 30.3 Å². The standard InChI is InChI=1S/C11H15NO2/c1-2-3-9-14-12(10-13)11-7-5-4-6-8-11/h4-8,10H,2-3,9H2,1H3. The molecule has 0 atom stereocenters. The van der Waals surface area contributed by atoms with Crippen LogP contribution in [0.15, 0.2) is 30.3 Å². The minimum atomic E-state index is 0.574. The van der Waals surface area contributed by atoms with Gasteiger partial charge < -0.3 is 0 Å². The van der Waals surface area contributed by atoms with Crippen LogP contribution in [-0.4, -0.2) is 13.0 Å². The summed E-state index contributed by atoms with van der Waals surface area (Å²) in [5, 5.41) is 1.26. The van der Waals surface area contributed by atoms with Crippen LogP contribution in [0.25, 0.3) is 0 Å². The zero-order valence-corrected chi connectivity index (χ0v) is 8.35. The van der Waals surface area contributed by atoms with Gasteiger partial charge in [0.1, 0.15) is 0 Å². The average Bonchev–Trinajstić information content (AvgIpc) is 2.26. The monoisotopic (exact) mass is 193 g/mol. The molecule has 1 aromatic rings. The Morgan fingerprint density at radius 3 is 2.64 bits per heavy atom. The summed E-state index contributed by atoms with van der Waals surface area (Å²) in [4.78, 5) is 16.0. The number of rotatable bonds is 6. The van der Waals surface area contributed by atoms with Crippen LogP contribution in [0.3, 0.4) is 0 Å². The molecule has 0 aromatic heterocycles. The highest BCUT2D eigenvalue weighted by atomic mass is 16.7. The van der Waals surface area contributed by atoms with Gasteiger partial charge in [-0.2, -0.15) is 5.06 Å². The highest BCUT2D eigenvalue weighted by Crippen LogP contribution is 2.11. The number of benzene rings is 1. The number of anilines is 1. The highest BCUT2D eigenvalue weighted by Gasteiger charge is 2.03. The third-order valence-electron chi connectivity index (χ3n) is 1.83. The number of carbonyl (C=O) groups excluding carboxylic acids is 1. The highest BCUT2D eigenvalue weighted by molar-refractivity contribution is 5.71. The molecule has 0 N–H and O–H groups in total. The molecule has 0 radical (unpaired) electrons. The molecule has 0 aliphatic rings. The fraction of sp³-hybridized carbons (Fsp3) is 0.364. The van der Waals surface area contributed by atoms with Crippen molar-refractivity contribution in [3.8, 4) is 0 Å². The average molecular weight is 193 g/mol. The maximum atomic E-state index is 10.7. The lowest BCUT2D eigenvalue weighted by Gasteiger charge is -2.16. The molecule has 0 bridgehead atoms. The second-order valence-electron chi connectivity index (χ2n) is 2.95. The van der Waals surface area contributed by atoms with Gasteiger partial charge >= 0.3 is 0 Å². The number of para-hydroxylation sites is 1. The minimum absolute atomic E-state index is 0.574. The van der Waals surface area contributed by atoms with Crippen molar-refractivity contribution in [2.75, 3.05) is 11.7 Å².